The fourth-order valence-corrected chi connectivity index (χ4v) is 2.82. The minimum absolute atomic E-state index is 0.236. The second kappa shape index (κ2) is 4.99. The summed E-state index contributed by atoms with van der Waals surface area (Å²) in [6.07, 6.45) is 2.46. The molecule has 0 bridgehead atoms. The van der Waals surface area contributed by atoms with Gasteiger partial charge in [-0.15, -0.1) is 0 Å². The van der Waals surface area contributed by atoms with Crippen molar-refractivity contribution in [2.75, 3.05) is 18.0 Å². The Bertz CT molecular complexity index is 372. The van der Waals surface area contributed by atoms with Gasteiger partial charge in [0.15, 0.2) is 0 Å². The maximum Gasteiger partial charge on any atom is 0.0371 e. The van der Waals surface area contributed by atoms with Crippen LogP contribution in [0.2, 0.25) is 0 Å². The van der Waals surface area contributed by atoms with Crippen LogP contribution in [0.15, 0.2) is 28.7 Å². The van der Waals surface area contributed by atoms with E-state index < -0.39 is 0 Å². The van der Waals surface area contributed by atoms with E-state index in [2.05, 4.69) is 58.9 Å². The minimum atomic E-state index is 0.236. The monoisotopic (exact) mass is 296 g/mol. The zero-order chi connectivity index (χ0) is 12.5. The van der Waals surface area contributed by atoms with Crippen molar-refractivity contribution < 1.29 is 0 Å². The van der Waals surface area contributed by atoms with Crippen molar-refractivity contribution in [2.24, 2.45) is 11.7 Å². The van der Waals surface area contributed by atoms with Gasteiger partial charge in [-0.05, 0) is 63.4 Å². The molecule has 0 radical (unpaired) electrons. The number of anilines is 1. The standard InChI is InChI=1S/C14H21BrN2/c1-14(2)8-7-11(9-16)10-17(14)13-5-3-12(15)4-6-13/h3-6,11H,7-10,16H2,1-2H3. The Balaban J connectivity index is 2.23. The van der Waals surface area contributed by atoms with Gasteiger partial charge in [0.1, 0.15) is 0 Å². The predicted octanol–water partition coefficient (Wildman–Crippen LogP) is 3.40. The maximum absolute atomic E-state index is 5.82. The fraction of sp³-hybridized carbons (Fsp3) is 0.571. The largest absolute Gasteiger partial charge is 0.366 e. The van der Waals surface area contributed by atoms with Crippen molar-refractivity contribution in [1.82, 2.24) is 0 Å². The number of benzene rings is 1. The second-order valence-electron chi connectivity index (χ2n) is 5.54. The number of nitrogens with zero attached hydrogens (tertiary/aromatic N) is 1. The highest BCUT2D eigenvalue weighted by Crippen LogP contribution is 2.34. The number of hydrogen-bond acceptors (Lipinski definition) is 2. The van der Waals surface area contributed by atoms with Crippen LogP contribution in [-0.4, -0.2) is 18.6 Å². The van der Waals surface area contributed by atoms with Crippen LogP contribution in [0, 0.1) is 5.92 Å². The summed E-state index contributed by atoms with van der Waals surface area (Å²) in [6.45, 7) is 6.51. The van der Waals surface area contributed by atoms with Gasteiger partial charge in [-0.2, -0.15) is 0 Å². The molecule has 1 aliphatic heterocycles. The van der Waals surface area contributed by atoms with Crippen molar-refractivity contribution in [3.63, 3.8) is 0 Å². The van der Waals surface area contributed by atoms with Crippen molar-refractivity contribution in [2.45, 2.75) is 32.2 Å². The van der Waals surface area contributed by atoms with Gasteiger partial charge in [0.25, 0.3) is 0 Å². The van der Waals surface area contributed by atoms with E-state index in [1.165, 1.54) is 18.5 Å². The number of nitrogens with two attached hydrogens (primary N) is 1. The number of rotatable bonds is 2. The zero-order valence-corrected chi connectivity index (χ0v) is 12.2. The van der Waals surface area contributed by atoms with Crippen molar-refractivity contribution in [3.05, 3.63) is 28.7 Å². The first kappa shape index (κ1) is 12.9. The first-order valence-electron chi connectivity index (χ1n) is 6.26. The lowest BCUT2D eigenvalue weighted by Gasteiger charge is -2.47. The predicted molar refractivity (Wildman–Crippen MR) is 77.3 cm³/mol. The van der Waals surface area contributed by atoms with E-state index in [1.54, 1.807) is 0 Å². The van der Waals surface area contributed by atoms with Gasteiger partial charge < -0.3 is 10.6 Å². The Labute approximate surface area is 112 Å². The van der Waals surface area contributed by atoms with Gasteiger partial charge in [-0.1, -0.05) is 15.9 Å². The lowest BCUT2D eigenvalue weighted by Crippen LogP contribution is -2.51. The molecule has 2 nitrogen and oxygen atoms in total. The summed E-state index contributed by atoms with van der Waals surface area (Å²) in [6, 6.07) is 8.59. The molecule has 1 heterocycles. The molecule has 2 rings (SSSR count). The van der Waals surface area contributed by atoms with Gasteiger partial charge in [0, 0.05) is 22.2 Å². The summed E-state index contributed by atoms with van der Waals surface area (Å²) in [7, 11) is 0. The number of halogens is 1. The van der Waals surface area contributed by atoms with Crippen LogP contribution in [0.4, 0.5) is 5.69 Å². The maximum atomic E-state index is 5.82. The van der Waals surface area contributed by atoms with Crippen LogP contribution >= 0.6 is 15.9 Å². The highest BCUT2D eigenvalue weighted by molar-refractivity contribution is 9.10. The van der Waals surface area contributed by atoms with Crippen LogP contribution in [0.5, 0.6) is 0 Å². The lowest BCUT2D eigenvalue weighted by molar-refractivity contribution is 0.295. The number of hydrogen-bond donors (Lipinski definition) is 1. The molecule has 3 heteroatoms. The molecule has 1 fully saturated rings. The van der Waals surface area contributed by atoms with Gasteiger partial charge in [0.2, 0.25) is 0 Å². The first-order chi connectivity index (χ1) is 8.03. The van der Waals surface area contributed by atoms with Crippen LogP contribution in [0.3, 0.4) is 0 Å². The van der Waals surface area contributed by atoms with E-state index in [1.807, 2.05) is 0 Å². The quantitative estimate of drug-likeness (QED) is 0.906. The molecule has 2 N–H and O–H groups in total. The Morgan fingerprint density at radius 1 is 1.35 bits per heavy atom. The molecule has 1 unspecified atom stereocenters. The average molecular weight is 297 g/mol. The highest BCUT2D eigenvalue weighted by atomic mass is 79.9. The van der Waals surface area contributed by atoms with Gasteiger partial charge in [0.05, 0.1) is 0 Å². The fourth-order valence-electron chi connectivity index (χ4n) is 2.56. The molecule has 1 saturated heterocycles. The topological polar surface area (TPSA) is 29.3 Å². The summed E-state index contributed by atoms with van der Waals surface area (Å²) in [5, 5.41) is 0. The first-order valence-corrected chi connectivity index (χ1v) is 7.05. The molecular weight excluding hydrogens is 276 g/mol. The Kier molecular flexibility index (Phi) is 3.79. The third-order valence-electron chi connectivity index (χ3n) is 3.81. The molecule has 0 amide bonds. The molecule has 1 aromatic carbocycles. The summed E-state index contributed by atoms with van der Waals surface area (Å²) < 4.78 is 1.13. The van der Waals surface area contributed by atoms with Gasteiger partial charge in [-0.3, -0.25) is 0 Å². The van der Waals surface area contributed by atoms with Crippen molar-refractivity contribution in [3.8, 4) is 0 Å². The molecule has 17 heavy (non-hydrogen) atoms. The normalized spacial score (nSPS) is 23.8. The van der Waals surface area contributed by atoms with Crippen molar-refractivity contribution >= 4 is 21.6 Å². The zero-order valence-electron chi connectivity index (χ0n) is 10.6. The summed E-state index contributed by atoms with van der Waals surface area (Å²) >= 11 is 3.49. The summed E-state index contributed by atoms with van der Waals surface area (Å²) in [4.78, 5) is 2.50. The SMILES string of the molecule is CC1(C)CCC(CN)CN1c1ccc(Br)cc1. The van der Waals surface area contributed by atoms with Gasteiger partial charge >= 0.3 is 0 Å². The Morgan fingerprint density at radius 3 is 2.59 bits per heavy atom. The van der Waals surface area contributed by atoms with E-state index in [4.69, 9.17) is 5.73 Å². The molecule has 1 aliphatic rings. The lowest BCUT2D eigenvalue weighted by atomic mass is 9.84. The summed E-state index contributed by atoms with van der Waals surface area (Å²) in [5.41, 5.74) is 7.36. The molecule has 94 valence electrons. The van der Waals surface area contributed by atoms with E-state index >= 15 is 0 Å². The molecule has 1 atom stereocenters. The van der Waals surface area contributed by atoms with Crippen LogP contribution in [-0.2, 0) is 0 Å². The second-order valence-corrected chi connectivity index (χ2v) is 6.46. The van der Waals surface area contributed by atoms with Crippen molar-refractivity contribution in [1.29, 1.82) is 0 Å². The molecule has 1 aromatic rings. The third kappa shape index (κ3) is 2.83. The van der Waals surface area contributed by atoms with Crippen LogP contribution < -0.4 is 10.6 Å². The molecule has 0 spiro atoms. The van der Waals surface area contributed by atoms with Crippen LogP contribution in [0.1, 0.15) is 26.7 Å². The highest BCUT2D eigenvalue weighted by Gasteiger charge is 2.33. The Morgan fingerprint density at radius 2 is 2.00 bits per heavy atom. The third-order valence-corrected chi connectivity index (χ3v) is 4.34. The van der Waals surface area contributed by atoms with E-state index in [9.17, 15) is 0 Å². The van der Waals surface area contributed by atoms with E-state index in [0.717, 1.165) is 17.6 Å². The van der Waals surface area contributed by atoms with E-state index in [-0.39, 0.29) is 5.54 Å². The number of piperidine rings is 1. The molecule has 0 aromatic heterocycles. The Hall–Kier alpha value is -0.540. The van der Waals surface area contributed by atoms with E-state index in [0.29, 0.717) is 5.92 Å². The average Bonchev–Trinajstić information content (AvgIpc) is 2.30. The summed E-state index contributed by atoms with van der Waals surface area (Å²) in [5.74, 6) is 0.631. The van der Waals surface area contributed by atoms with Crippen LogP contribution in [0.25, 0.3) is 0 Å². The molecule has 0 saturated carbocycles. The molecular formula is C14H21BrN2. The molecule has 0 aliphatic carbocycles. The minimum Gasteiger partial charge on any atom is -0.366 e. The smallest absolute Gasteiger partial charge is 0.0371 e. The van der Waals surface area contributed by atoms with Gasteiger partial charge in [-0.25, -0.2) is 0 Å².